The minimum Gasteiger partial charge on any atom is -0.393 e. The molecule has 3 N–H and O–H groups in total. The summed E-state index contributed by atoms with van der Waals surface area (Å²) in [6.07, 6.45) is 5.18. The van der Waals surface area contributed by atoms with Crippen molar-refractivity contribution in [1.82, 2.24) is 0 Å². The molecule has 0 heterocycles. The number of nitrogens with two attached hydrogens (primary N) is 1. The first-order valence-electron chi connectivity index (χ1n) is 7.25. The molecule has 0 aromatic heterocycles. The van der Waals surface area contributed by atoms with Crippen LogP contribution in [0.3, 0.4) is 0 Å². The van der Waals surface area contributed by atoms with Crippen LogP contribution in [0.5, 0.6) is 0 Å². The maximum absolute atomic E-state index is 13.1. The van der Waals surface area contributed by atoms with E-state index in [1.165, 1.54) is 17.7 Å². The van der Waals surface area contributed by atoms with Gasteiger partial charge in [0.2, 0.25) is 0 Å². The van der Waals surface area contributed by atoms with E-state index in [2.05, 4.69) is 6.92 Å². The van der Waals surface area contributed by atoms with E-state index in [1.54, 1.807) is 0 Å². The van der Waals surface area contributed by atoms with Gasteiger partial charge in [0.1, 0.15) is 5.82 Å². The number of aliphatic hydroxyl groups excluding tert-OH is 1. The summed E-state index contributed by atoms with van der Waals surface area (Å²) in [5.74, 6) is -0.200. The van der Waals surface area contributed by atoms with Gasteiger partial charge in [0.15, 0.2) is 0 Å². The number of aliphatic hydroxyl groups is 1. The molecule has 2 rings (SSSR count). The van der Waals surface area contributed by atoms with E-state index in [0.717, 1.165) is 38.5 Å². The lowest BCUT2D eigenvalue weighted by Crippen LogP contribution is -2.39. The molecule has 1 unspecified atom stereocenters. The third-order valence-electron chi connectivity index (χ3n) is 4.55. The second-order valence-corrected chi connectivity index (χ2v) is 5.89. The topological polar surface area (TPSA) is 46.2 Å². The molecule has 3 heteroatoms. The second kappa shape index (κ2) is 6.02. The molecule has 0 aliphatic heterocycles. The van der Waals surface area contributed by atoms with Gasteiger partial charge in [-0.25, -0.2) is 4.39 Å². The van der Waals surface area contributed by atoms with Crippen molar-refractivity contribution in [1.29, 1.82) is 0 Å². The summed E-state index contributed by atoms with van der Waals surface area (Å²) in [6.45, 7) is 2.10. The fourth-order valence-electron chi connectivity index (χ4n) is 3.22. The van der Waals surface area contributed by atoms with Gasteiger partial charge in [-0.3, -0.25) is 0 Å². The monoisotopic (exact) mass is 265 g/mol. The van der Waals surface area contributed by atoms with Gasteiger partial charge in [-0.05, 0) is 61.6 Å². The molecule has 0 amide bonds. The molecule has 1 aliphatic carbocycles. The van der Waals surface area contributed by atoms with Crippen LogP contribution in [0.2, 0.25) is 0 Å². The lowest BCUT2D eigenvalue weighted by Gasteiger charge is -2.41. The van der Waals surface area contributed by atoms with Crippen LogP contribution < -0.4 is 5.73 Å². The van der Waals surface area contributed by atoms with E-state index in [0.29, 0.717) is 0 Å². The summed E-state index contributed by atoms with van der Waals surface area (Å²) in [6, 6.07) is 6.99. The molecule has 0 saturated heterocycles. The molecule has 1 aliphatic rings. The summed E-state index contributed by atoms with van der Waals surface area (Å²) < 4.78 is 13.1. The van der Waals surface area contributed by atoms with E-state index in [9.17, 15) is 9.50 Å². The fourth-order valence-corrected chi connectivity index (χ4v) is 3.22. The van der Waals surface area contributed by atoms with E-state index >= 15 is 0 Å². The smallest absolute Gasteiger partial charge is 0.123 e. The first-order valence-corrected chi connectivity index (χ1v) is 7.25. The van der Waals surface area contributed by atoms with Crippen LogP contribution in [-0.4, -0.2) is 17.3 Å². The first-order chi connectivity index (χ1) is 9.05. The average molecular weight is 265 g/mol. The Kier molecular flexibility index (Phi) is 4.58. The minimum atomic E-state index is -0.200. The van der Waals surface area contributed by atoms with Gasteiger partial charge in [0.05, 0.1) is 6.10 Å². The number of hydrogen-bond donors (Lipinski definition) is 2. The second-order valence-electron chi connectivity index (χ2n) is 5.89. The van der Waals surface area contributed by atoms with Crippen LogP contribution in [0.15, 0.2) is 24.3 Å². The van der Waals surface area contributed by atoms with Gasteiger partial charge in [-0.2, -0.15) is 0 Å². The Balaban J connectivity index is 2.25. The number of halogens is 1. The van der Waals surface area contributed by atoms with Crippen molar-refractivity contribution in [3.05, 3.63) is 35.6 Å². The normalized spacial score (nSPS) is 29.2. The highest BCUT2D eigenvalue weighted by Crippen LogP contribution is 2.43. The van der Waals surface area contributed by atoms with Crippen LogP contribution in [-0.2, 0) is 5.41 Å². The Labute approximate surface area is 114 Å². The first kappa shape index (κ1) is 14.5. The quantitative estimate of drug-likeness (QED) is 0.878. The van der Waals surface area contributed by atoms with Crippen LogP contribution in [0.25, 0.3) is 0 Å². The van der Waals surface area contributed by atoms with Gasteiger partial charge in [0, 0.05) is 6.04 Å². The Bertz CT molecular complexity index is 396. The Morgan fingerprint density at radius 3 is 2.42 bits per heavy atom. The number of benzene rings is 1. The van der Waals surface area contributed by atoms with Gasteiger partial charge >= 0.3 is 0 Å². The molecule has 0 radical (unpaired) electrons. The zero-order chi connectivity index (χ0) is 13.9. The molecule has 106 valence electrons. The summed E-state index contributed by atoms with van der Waals surface area (Å²) in [4.78, 5) is 0. The molecule has 1 aromatic carbocycles. The Morgan fingerprint density at radius 1 is 1.32 bits per heavy atom. The summed E-state index contributed by atoms with van der Waals surface area (Å²) in [7, 11) is 0. The zero-order valence-corrected chi connectivity index (χ0v) is 11.6. The van der Waals surface area contributed by atoms with Crippen molar-refractivity contribution in [3.63, 3.8) is 0 Å². The standard InChI is InChI=1S/C16H24FNO/c1-2-14(18)11-16(9-7-15(19)8-10-16)12-3-5-13(17)6-4-12/h3-6,14-15,19H,2,7-11,18H2,1H3/t14?,15-,16+. The molecular formula is C16H24FNO. The van der Waals surface area contributed by atoms with Gasteiger partial charge in [-0.15, -0.1) is 0 Å². The molecule has 1 aromatic rings. The molecular weight excluding hydrogens is 241 g/mol. The third-order valence-corrected chi connectivity index (χ3v) is 4.55. The van der Waals surface area contributed by atoms with E-state index in [1.807, 2.05) is 12.1 Å². The van der Waals surface area contributed by atoms with E-state index < -0.39 is 0 Å². The third kappa shape index (κ3) is 3.34. The van der Waals surface area contributed by atoms with Crippen LogP contribution in [0.4, 0.5) is 4.39 Å². The predicted octanol–water partition coefficient (Wildman–Crippen LogP) is 3.13. The Morgan fingerprint density at radius 2 is 1.89 bits per heavy atom. The van der Waals surface area contributed by atoms with E-state index in [-0.39, 0.29) is 23.4 Å². The summed E-state index contributed by atoms with van der Waals surface area (Å²) >= 11 is 0. The molecule has 19 heavy (non-hydrogen) atoms. The fraction of sp³-hybridized carbons (Fsp3) is 0.625. The lowest BCUT2D eigenvalue weighted by molar-refractivity contribution is 0.0891. The SMILES string of the molecule is CCC(N)C[C@]1(c2ccc(F)cc2)CC[C@@H](O)CC1. The Hall–Kier alpha value is -0.930. The molecule has 0 bridgehead atoms. The maximum Gasteiger partial charge on any atom is 0.123 e. The van der Waals surface area contributed by atoms with E-state index in [4.69, 9.17) is 5.73 Å². The van der Waals surface area contributed by atoms with Gasteiger partial charge in [-0.1, -0.05) is 19.1 Å². The summed E-state index contributed by atoms with van der Waals surface area (Å²) in [5.41, 5.74) is 7.34. The van der Waals surface area contributed by atoms with Crippen molar-refractivity contribution in [2.75, 3.05) is 0 Å². The number of rotatable bonds is 4. The van der Waals surface area contributed by atoms with Gasteiger partial charge < -0.3 is 10.8 Å². The lowest BCUT2D eigenvalue weighted by atomic mass is 9.65. The number of hydrogen-bond acceptors (Lipinski definition) is 2. The molecule has 1 fully saturated rings. The largest absolute Gasteiger partial charge is 0.393 e. The highest BCUT2D eigenvalue weighted by atomic mass is 19.1. The molecule has 2 nitrogen and oxygen atoms in total. The van der Waals surface area contributed by atoms with Crippen LogP contribution >= 0.6 is 0 Å². The van der Waals surface area contributed by atoms with Crippen LogP contribution in [0.1, 0.15) is 51.0 Å². The minimum absolute atomic E-state index is 0.0162. The maximum atomic E-state index is 13.1. The molecule has 1 saturated carbocycles. The highest BCUT2D eigenvalue weighted by Gasteiger charge is 2.37. The van der Waals surface area contributed by atoms with Crippen molar-refractivity contribution >= 4 is 0 Å². The van der Waals surface area contributed by atoms with Crippen molar-refractivity contribution in [3.8, 4) is 0 Å². The highest BCUT2D eigenvalue weighted by molar-refractivity contribution is 5.27. The molecule has 1 atom stereocenters. The molecule has 0 spiro atoms. The average Bonchev–Trinajstić information content (AvgIpc) is 2.42. The predicted molar refractivity (Wildman–Crippen MR) is 75.4 cm³/mol. The summed E-state index contributed by atoms with van der Waals surface area (Å²) in [5, 5.41) is 9.73. The van der Waals surface area contributed by atoms with Gasteiger partial charge in [0.25, 0.3) is 0 Å². The van der Waals surface area contributed by atoms with Crippen molar-refractivity contribution in [2.24, 2.45) is 5.73 Å². The zero-order valence-electron chi connectivity index (χ0n) is 11.6. The van der Waals surface area contributed by atoms with Crippen molar-refractivity contribution in [2.45, 2.75) is 63.0 Å². The van der Waals surface area contributed by atoms with Crippen molar-refractivity contribution < 1.29 is 9.50 Å². The van der Waals surface area contributed by atoms with Crippen LogP contribution in [0, 0.1) is 5.82 Å².